The number of carbonyl (C=O) groups excluding carboxylic acids is 1. The fourth-order valence-corrected chi connectivity index (χ4v) is 7.55. The lowest BCUT2D eigenvalue weighted by molar-refractivity contribution is -0.131. The van der Waals surface area contributed by atoms with Crippen molar-refractivity contribution in [3.63, 3.8) is 0 Å². The van der Waals surface area contributed by atoms with E-state index in [1.54, 1.807) is 6.92 Å². The smallest absolute Gasteiger partial charge is 0.159 e. The summed E-state index contributed by atoms with van der Waals surface area (Å²) in [7, 11) is 0. The van der Waals surface area contributed by atoms with E-state index in [0.717, 1.165) is 31.6 Å². The summed E-state index contributed by atoms with van der Waals surface area (Å²) >= 11 is 0. The van der Waals surface area contributed by atoms with E-state index in [2.05, 4.69) is 18.9 Å². The number of amidine groups is 1. The number of hydrogen-bond donors (Lipinski definition) is 2. The maximum absolute atomic E-state index is 13.1. The quantitative estimate of drug-likeness (QED) is 0.272. The molecule has 0 spiro atoms. The van der Waals surface area contributed by atoms with Crippen molar-refractivity contribution in [3.8, 4) is 0 Å². The molecule has 29 heavy (non-hydrogen) atoms. The molecule has 7 unspecified atom stereocenters. The number of halogens is 1. The highest BCUT2D eigenvalue weighted by Crippen LogP contribution is 2.63. The highest BCUT2D eigenvalue weighted by Gasteiger charge is 2.57. The molecule has 5 nitrogen and oxygen atoms in total. The topological polar surface area (TPSA) is 84.7 Å². The zero-order chi connectivity index (χ0) is 21.2. The van der Waals surface area contributed by atoms with Crippen LogP contribution < -0.4 is 11.6 Å². The van der Waals surface area contributed by atoms with E-state index in [-0.39, 0.29) is 30.3 Å². The van der Waals surface area contributed by atoms with Gasteiger partial charge >= 0.3 is 0 Å². The minimum absolute atomic E-state index is 0.0703. The van der Waals surface area contributed by atoms with Crippen molar-refractivity contribution in [3.05, 3.63) is 0 Å². The van der Waals surface area contributed by atoms with Crippen LogP contribution in [0, 0.1) is 40.9 Å². The number of Topliss-reactive ketones (excluding diaryl/α,β-unsaturated/α-hetero) is 1. The van der Waals surface area contributed by atoms with Gasteiger partial charge in [0.15, 0.2) is 5.78 Å². The van der Waals surface area contributed by atoms with E-state index >= 15 is 0 Å². The van der Waals surface area contributed by atoms with Gasteiger partial charge in [-0.1, -0.05) is 26.7 Å². The Balaban J connectivity index is 1.73. The van der Waals surface area contributed by atoms with Crippen LogP contribution in [0.5, 0.6) is 0 Å². The second-order valence-corrected chi connectivity index (χ2v) is 10.2. The monoisotopic (exact) mass is 408 g/mol. The number of rotatable bonds is 8. The number of carbonyl (C=O) groups is 1. The number of alkyl halides is 1. The highest BCUT2D eigenvalue weighted by atomic mass is 19.1. The minimum atomic E-state index is -0.180. The Morgan fingerprint density at radius 2 is 1.93 bits per heavy atom. The summed E-state index contributed by atoms with van der Waals surface area (Å²) in [5, 5.41) is 5.19. The zero-order valence-electron chi connectivity index (χ0n) is 18.6. The molecule has 0 radical (unpaired) electrons. The summed E-state index contributed by atoms with van der Waals surface area (Å²) in [5.74, 6) is 9.80. The van der Waals surface area contributed by atoms with Gasteiger partial charge in [0.2, 0.25) is 0 Å². The lowest BCUT2D eigenvalue weighted by Gasteiger charge is -2.54. The second kappa shape index (κ2) is 9.32. The third-order valence-corrected chi connectivity index (χ3v) is 8.61. The van der Waals surface area contributed by atoms with E-state index in [0.29, 0.717) is 29.5 Å². The van der Waals surface area contributed by atoms with Crippen LogP contribution in [0.1, 0.15) is 78.6 Å². The van der Waals surface area contributed by atoms with Crippen LogP contribution in [0.2, 0.25) is 0 Å². The van der Waals surface area contributed by atoms with Gasteiger partial charge in [0.05, 0.1) is 6.67 Å². The Morgan fingerprint density at radius 3 is 2.59 bits per heavy atom. The Hall–Kier alpha value is -1.17. The zero-order valence-corrected chi connectivity index (χ0v) is 18.6. The van der Waals surface area contributed by atoms with E-state index < -0.39 is 0 Å². The van der Waals surface area contributed by atoms with E-state index in [9.17, 15) is 9.18 Å². The van der Waals surface area contributed by atoms with Crippen LogP contribution in [0.4, 0.5) is 4.39 Å². The second-order valence-electron chi connectivity index (χ2n) is 10.2. The van der Waals surface area contributed by atoms with Crippen molar-refractivity contribution in [1.29, 1.82) is 0 Å². The number of fused-ring (bicyclic) bond motifs is 3. The molecule has 0 bridgehead atoms. The number of hydrazone groups is 1. The van der Waals surface area contributed by atoms with Crippen molar-refractivity contribution in [2.24, 2.45) is 57.6 Å². The van der Waals surface area contributed by atoms with Crippen LogP contribution in [-0.2, 0) is 4.79 Å². The number of hydrogen-bond acceptors (Lipinski definition) is 4. The highest BCUT2D eigenvalue weighted by molar-refractivity contribution is 5.84. The molecule has 0 aromatic rings. The summed E-state index contributed by atoms with van der Waals surface area (Å²) in [5.41, 5.74) is 5.67. The molecular formula is C23H41FN4O. The maximum Gasteiger partial charge on any atom is 0.159 e. The van der Waals surface area contributed by atoms with Gasteiger partial charge in [-0.15, -0.1) is 5.10 Å². The summed E-state index contributed by atoms with van der Waals surface area (Å²) in [6.07, 6.45) is 9.97. The molecule has 4 N–H and O–H groups in total. The Labute approximate surface area is 175 Å². The van der Waals surface area contributed by atoms with Crippen LogP contribution >= 0.6 is 0 Å². The summed E-state index contributed by atoms with van der Waals surface area (Å²) < 4.78 is 13.1. The molecule has 166 valence electrons. The van der Waals surface area contributed by atoms with Crippen molar-refractivity contribution in [2.45, 2.75) is 78.6 Å². The third kappa shape index (κ3) is 4.47. The van der Waals surface area contributed by atoms with Crippen LogP contribution in [-0.4, -0.2) is 30.0 Å². The van der Waals surface area contributed by atoms with Crippen LogP contribution in [0.25, 0.3) is 0 Å². The first kappa shape index (κ1) is 22.5. The van der Waals surface area contributed by atoms with Crippen molar-refractivity contribution in [1.82, 2.24) is 5.12 Å². The summed E-state index contributed by atoms with van der Waals surface area (Å²) in [4.78, 5) is 13.1. The van der Waals surface area contributed by atoms with Gasteiger partial charge in [-0.2, -0.15) is 0 Å². The van der Waals surface area contributed by atoms with Crippen LogP contribution in [0.15, 0.2) is 5.10 Å². The minimum Gasteiger partial charge on any atom is -0.386 e. The maximum atomic E-state index is 13.1. The molecule has 0 aromatic heterocycles. The predicted octanol–water partition coefficient (Wildman–Crippen LogP) is 4.27. The molecule has 0 aromatic carbocycles. The van der Waals surface area contributed by atoms with Gasteiger partial charge in [0.25, 0.3) is 0 Å². The van der Waals surface area contributed by atoms with E-state index in [4.69, 9.17) is 11.6 Å². The molecule has 3 aliphatic carbocycles. The largest absolute Gasteiger partial charge is 0.386 e. The fraction of sp³-hybridized carbons (Fsp3) is 0.913. The normalized spacial score (nSPS) is 39.7. The van der Waals surface area contributed by atoms with E-state index in [1.165, 1.54) is 37.2 Å². The van der Waals surface area contributed by atoms with Crippen LogP contribution in [0.3, 0.4) is 0 Å². The van der Waals surface area contributed by atoms with Crippen molar-refractivity contribution in [2.75, 3.05) is 13.2 Å². The Morgan fingerprint density at radius 1 is 1.17 bits per heavy atom. The summed E-state index contributed by atoms with van der Waals surface area (Å²) in [6, 6.07) is 0. The number of nitrogens with zero attached hydrogens (tertiary/aromatic N) is 2. The molecule has 0 amide bonds. The molecule has 3 saturated carbocycles. The third-order valence-electron chi connectivity index (χ3n) is 8.61. The SMILES string of the molecule is CCCC1C(CCF)CCC2C1CCC1(C)C(C(=O)CN(N)/N=C(/C)N)CCC21. The summed E-state index contributed by atoms with van der Waals surface area (Å²) in [6.45, 7) is 6.24. The van der Waals surface area contributed by atoms with E-state index in [1.807, 2.05) is 0 Å². The molecule has 3 fully saturated rings. The molecule has 3 rings (SSSR count). The standard InChI is InChI=1S/C23H41FN4O/c1-4-5-17-16(11-13-24)6-7-19-18(17)10-12-23(3)20(19)8-9-21(23)22(29)14-28(26)27-15(2)25/h16-21H,4-14,26H2,1-3H3,(H2,25,27). The predicted molar refractivity (Wildman–Crippen MR) is 115 cm³/mol. The van der Waals surface area contributed by atoms with Gasteiger partial charge in [-0.05, 0) is 86.9 Å². The molecular weight excluding hydrogens is 367 g/mol. The molecule has 0 saturated heterocycles. The number of ketones is 1. The van der Waals surface area contributed by atoms with Gasteiger partial charge in [-0.25, -0.2) is 11.0 Å². The lowest BCUT2D eigenvalue weighted by atomic mass is 9.50. The van der Waals surface area contributed by atoms with Gasteiger partial charge in [-0.3, -0.25) is 9.18 Å². The average Bonchev–Trinajstić information content (AvgIpc) is 3.00. The first-order chi connectivity index (χ1) is 13.8. The van der Waals surface area contributed by atoms with Gasteiger partial charge in [0, 0.05) is 5.92 Å². The van der Waals surface area contributed by atoms with Gasteiger partial charge in [0.1, 0.15) is 12.4 Å². The first-order valence-corrected chi connectivity index (χ1v) is 11.7. The molecule has 7 atom stereocenters. The molecule has 3 aliphatic rings. The number of hydrazine groups is 1. The molecule has 0 heterocycles. The molecule has 0 aliphatic heterocycles. The Kier molecular flexibility index (Phi) is 7.23. The number of nitrogens with two attached hydrogens (primary N) is 2. The first-order valence-electron chi connectivity index (χ1n) is 11.7. The molecule has 6 heteroatoms. The van der Waals surface area contributed by atoms with Gasteiger partial charge < -0.3 is 5.73 Å². The fourth-order valence-electron chi connectivity index (χ4n) is 7.55. The van der Waals surface area contributed by atoms with Crippen molar-refractivity contribution < 1.29 is 9.18 Å². The average molecular weight is 409 g/mol. The van der Waals surface area contributed by atoms with Crippen molar-refractivity contribution >= 4 is 11.6 Å². The Bertz CT molecular complexity index is 608. The lowest BCUT2D eigenvalue weighted by Crippen LogP contribution is -2.49.